The van der Waals surface area contributed by atoms with Crippen molar-refractivity contribution in [3.8, 4) is 0 Å². The number of rotatable bonds is 3. The van der Waals surface area contributed by atoms with E-state index in [1.54, 1.807) is 6.21 Å². The van der Waals surface area contributed by atoms with Crippen LogP contribution >= 0.6 is 0 Å². The lowest BCUT2D eigenvalue weighted by atomic mass is 10.2. The summed E-state index contributed by atoms with van der Waals surface area (Å²) in [6.07, 6.45) is 1.68. The van der Waals surface area contributed by atoms with Crippen molar-refractivity contribution in [2.75, 3.05) is 13.2 Å². The maximum atomic E-state index is 11.6. The second-order valence-electron chi connectivity index (χ2n) is 2.13. The Morgan fingerprint density at radius 3 is 2.64 bits per heavy atom. The summed E-state index contributed by atoms with van der Waals surface area (Å²) in [6.45, 7) is -0.127. The summed E-state index contributed by atoms with van der Waals surface area (Å²) in [5, 5.41) is 0. The fourth-order valence-electron chi connectivity index (χ4n) is 0.758. The van der Waals surface area contributed by atoms with Crippen LogP contribution in [0.3, 0.4) is 0 Å². The van der Waals surface area contributed by atoms with Crippen molar-refractivity contribution in [2.24, 2.45) is 4.99 Å². The van der Waals surface area contributed by atoms with Crippen LogP contribution in [0.5, 0.6) is 0 Å². The first kappa shape index (κ1) is 7.92. The summed E-state index contributed by atoms with van der Waals surface area (Å²) in [7, 11) is 0. The first-order valence-electron chi connectivity index (χ1n) is 3.54. The molecule has 0 radical (unpaired) electrons. The summed E-state index contributed by atoms with van der Waals surface area (Å²) >= 11 is 0. The molecule has 0 aliphatic heterocycles. The molecule has 0 aromatic heterocycles. The molecule has 0 unspecified atom stereocenters. The Labute approximate surface area is 65.6 Å². The van der Waals surface area contributed by atoms with Crippen LogP contribution in [-0.2, 0) is 0 Å². The highest BCUT2D eigenvalue weighted by Crippen LogP contribution is 1.93. The minimum Gasteiger partial charge on any atom is -0.290 e. The average molecular weight is 151 g/mol. The fourth-order valence-corrected chi connectivity index (χ4v) is 0.758. The first-order chi connectivity index (χ1) is 5.43. The van der Waals surface area contributed by atoms with Gasteiger partial charge < -0.3 is 0 Å². The van der Waals surface area contributed by atoms with Crippen LogP contribution < -0.4 is 0 Å². The number of aliphatic imine (C=N–C) groups is 1. The highest BCUT2D eigenvalue weighted by molar-refractivity contribution is 5.79. The number of nitrogens with zero attached hydrogens (tertiary/aromatic N) is 1. The number of hydrogen-bond donors (Lipinski definition) is 0. The molecule has 2 heteroatoms. The van der Waals surface area contributed by atoms with Crippen LogP contribution in [0.15, 0.2) is 35.3 Å². The smallest absolute Gasteiger partial charge is 0.109 e. The molecule has 0 atom stereocenters. The third-order valence-electron chi connectivity index (χ3n) is 1.25. The molecule has 1 nitrogen and oxygen atoms in total. The van der Waals surface area contributed by atoms with Crippen LogP contribution in [0.1, 0.15) is 5.56 Å². The number of alkyl halides is 1. The predicted molar refractivity (Wildman–Crippen MR) is 44.9 cm³/mol. The zero-order valence-corrected chi connectivity index (χ0v) is 6.20. The number of hydrogen-bond acceptors (Lipinski definition) is 1. The van der Waals surface area contributed by atoms with Gasteiger partial charge in [-0.05, 0) is 5.56 Å². The lowest BCUT2D eigenvalue weighted by Gasteiger charge is -1.88. The molecule has 0 aliphatic rings. The van der Waals surface area contributed by atoms with Gasteiger partial charge in [0.05, 0.1) is 6.54 Å². The Kier molecular flexibility index (Phi) is 3.32. The molecular formula is C9H10FN. The van der Waals surface area contributed by atoms with Gasteiger partial charge in [0, 0.05) is 6.21 Å². The molecule has 0 aliphatic carbocycles. The molecule has 0 fully saturated rings. The van der Waals surface area contributed by atoms with Gasteiger partial charge in [0.2, 0.25) is 0 Å². The molecule has 0 saturated heterocycles. The van der Waals surface area contributed by atoms with E-state index >= 15 is 0 Å². The standard InChI is InChI=1S/C9H10FN/c10-6-7-11-8-9-4-2-1-3-5-9/h1-5,8H,6-7H2/b11-8+. The molecule has 58 valence electrons. The lowest BCUT2D eigenvalue weighted by molar-refractivity contribution is 0.505. The van der Waals surface area contributed by atoms with Crippen molar-refractivity contribution < 1.29 is 4.39 Å². The maximum Gasteiger partial charge on any atom is 0.109 e. The van der Waals surface area contributed by atoms with Gasteiger partial charge >= 0.3 is 0 Å². The monoisotopic (exact) mass is 151 g/mol. The van der Waals surface area contributed by atoms with E-state index in [0.717, 1.165) is 5.56 Å². The van der Waals surface area contributed by atoms with Gasteiger partial charge in [-0.1, -0.05) is 30.3 Å². The highest BCUT2D eigenvalue weighted by Gasteiger charge is 1.82. The van der Waals surface area contributed by atoms with E-state index in [1.165, 1.54) is 0 Å². The Bertz CT molecular complexity index is 218. The zero-order valence-electron chi connectivity index (χ0n) is 6.20. The molecule has 1 aromatic rings. The third kappa shape index (κ3) is 2.94. The molecule has 0 bridgehead atoms. The maximum absolute atomic E-state index is 11.6. The lowest BCUT2D eigenvalue weighted by Crippen LogP contribution is -1.84. The van der Waals surface area contributed by atoms with Gasteiger partial charge in [-0.3, -0.25) is 4.99 Å². The van der Waals surface area contributed by atoms with Gasteiger partial charge in [0.15, 0.2) is 0 Å². The average Bonchev–Trinajstić information content (AvgIpc) is 2.07. The van der Waals surface area contributed by atoms with Crippen molar-refractivity contribution in [1.29, 1.82) is 0 Å². The van der Waals surface area contributed by atoms with Crippen molar-refractivity contribution in [2.45, 2.75) is 0 Å². The Balaban J connectivity index is 2.50. The topological polar surface area (TPSA) is 12.4 Å². The van der Waals surface area contributed by atoms with Crippen molar-refractivity contribution in [3.05, 3.63) is 35.9 Å². The molecule has 0 amide bonds. The first-order valence-corrected chi connectivity index (χ1v) is 3.54. The van der Waals surface area contributed by atoms with Crippen LogP contribution in [0.2, 0.25) is 0 Å². The van der Waals surface area contributed by atoms with Crippen molar-refractivity contribution in [1.82, 2.24) is 0 Å². The Hall–Kier alpha value is -1.18. The summed E-state index contributed by atoms with van der Waals surface area (Å²) < 4.78 is 11.6. The Morgan fingerprint density at radius 1 is 1.27 bits per heavy atom. The largest absolute Gasteiger partial charge is 0.290 e. The highest BCUT2D eigenvalue weighted by atomic mass is 19.1. The zero-order chi connectivity index (χ0) is 7.94. The molecule has 0 N–H and O–H groups in total. The van der Waals surface area contributed by atoms with Gasteiger partial charge in [0.1, 0.15) is 6.67 Å². The van der Waals surface area contributed by atoms with Crippen LogP contribution in [0, 0.1) is 0 Å². The quantitative estimate of drug-likeness (QED) is 0.586. The Morgan fingerprint density at radius 2 is 2.00 bits per heavy atom. The summed E-state index contributed by atoms with van der Waals surface area (Å²) in [6, 6.07) is 9.66. The van der Waals surface area contributed by atoms with E-state index in [9.17, 15) is 4.39 Å². The van der Waals surface area contributed by atoms with Crippen LogP contribution in [-0.4, -0.2) is 19.4 Å². The van der Waals surface area contributed by atoms with E-state index in [2.05, 4.69) is 4.99 Å². The molecule has 0 spiro atoms. The van der Waals surface area contributed by atoms with E-state index in [0.29, 0.717) is 0 Å². The van der Waals surface area contributed by atoms with E-state index in [-0.39, 0.29) is 13.2 Å². The normalized spacial score (nSPS) is 10.6. The summed E-state index contributed by atoms with van der Waals surface area (Å²) in [5.41, 5.74) is 1.01. The minimum atomic E-state index is -0.386. The van der Waals surface area contributed by atoms with Crippen LogP contribution in [0.4, 0.5) is 4.39 Å². The van der Waals surface area contributed by atoms with E-state index in [4.69, 9.17) is 0 Å². The van der Waals surface area contributed by atoms with Crippen molar-refractivity contribution >= 4 is 6.21 Å². The molecule has 1 rings (SSSR count). The fraction of sp³-hybridized carbons (Fsp3) is 0.222. The third-order valence-corrected chi connectivity index (χ3v) is 1.25. The number of halogens is 1. The molecule has 1 aromatic carbocycles. The second-order valence-corrected chi connectivity index (χ2v) is 2.13. The molecular weight excluding hydrogens is 141 g/mol. The molecule has 11 heavy (non-hydrogen) atoms. The SMILES string of the molecule is FCC/N=C/c1ccccc1. The van der Waals surface area contributed by atoms with Gasteiger partial charge in [-0.2, -0.15) is 0 Å². The van der Waals surface area contributed by atoms with Gasteiger partial charge in [-0.15, -0.1) is 0 Å². The molecule has 0 heterocycles. The second kappa shape index (κ2) is 4.61. The summed E-state index contributed by atoms with van der Waals surface area (Å²) in [5.74, 6) is 0. The van der Waals surface area contributed by atoms with E-state index in [1.807, 2.05) is 30.3 Å². The minimum absolute atomic E-state index is 0.259. The predicted octanol–water partition coefficient (Wildman–Crippen LogP) is 2.08. The van der Waals surface area contributed by atoms with Gasteiger partial charge in [0.25, 0.3) is 0 Å². The van der Waals surface area contributed by atoms with Crippen molar-refractivity contribution in [3.63, 3.8) is 0 Å². The van der Waals surface area contributed by atoms with Gasteiger partial charge in [-0.25, -0.2) is 4.39 Å². The molecule has 0 saturated carbocycles. The summed E-state index contributed by atoms with van der Waals surface area (Å²) in [4.78, 5) is 3.86. The number of benzene rings is 1. The van der Waals surface area contributed by atoms with E-state index < -0.39 is 0 Å². The van der Waals surface area contributed by atoms with Crippen LogP contribution in [0.25, 0.3) is 0 Å².